The van der Waals surface area contributed by atoms with Crippen molar-refractivity contribution in [1.29, 1.82) is 0 Å². The number of benzene rings is 1. The Morgan fingerprint density at radius 3 is 1.92 bits per heavy atom. The van der Waals surface area contributed by atoms with E-state index in [-0.39, 0.29) is 18.3 Å². The Kier molecular flexibility index (Phi) is 8.54. The van der Waals surface area contributed by atoms with Crippen LogP contribution in [0, 0.1) is 10.1 Å². The van der Waals surface area contributed by atoms with Crippen molar-refractivity contribution in [2.24, 2.45) is 0 Å². The van der Waals surface area contributed by atoms with Crippen LogP contribution < -0.4 is 6.15 Å². The molecule has 0 bridgehead atoms. The summed E-state index contributed by atoms with van der Waals surface area (Å²) >= 11 is 0. The standard InChI is InChI=1S/C6H5NO2.CH2O2.H3N/c8-7(9)6-4-2-1-3-5-6;2-1-3;/h1-5H;1H,(H,2,3);1H3. The number of nitrogens with zero attached hydrogens (tertiary/aromatic N) is 1. The van der Waals surface area contributed by atoms with Gasteiger partial charge in [0.05, 0.1) is 4.92 Å². The number of carboxylic acid groups (broad SMARTS) is 1. The molecule has 0 aliphatic carbocycles. The molecule has 6 nitrogen and oxygen atoms in total. The predicted molar refractivity (Wildman–Crippen MR) is 46.8 cm³/mol. The Labute approximate surface area is 74.5 Å². The number of nitro benzene ring substituents is 1. The van der Waals surface area contributed by atoms with Crippen LogP contribution in [0.3, 0.4) is 0 Å². The van der Waals surface area contributed by atoms with Crippen LogP contribution >= 0.6 is 0 Å². The Bertz CT molecular complexity index is 250. The maximum atomic E-state index is 10.0. The zero-order valence-electron chi connectivity index (χ0n) is 6.79. The average Bonchev–Trinajstić information content (AvgIpc) is 2.07. The number of nitro groups is 1. The van der Waals surface area contributed by atoms with Gasteiger partial charge in [0.15, 0.2) is 0 Å². The molecule has 0 aromatic heterocycles. The van der Waals surface area contributed by atoms with Gasteiger partial charge in [-0.25, -0.2) is 0 Å². The summed E-state index contributed by atoms with van der Waals surface area (Å²) in [6.45, 7) is -0.250. The van der Waals surface area contributed by atoms with Gasteiger partial charge >= 0.3 is 0 Å². The summed E-state index contributed by atoms with van der Waals surface area (Å²) in [5, 5.41) is 16.9. The van der Waals surface area contributed by atoms with Gasteiger partial charge in [-0.05, 0) is 0 Å². The zero-order chi connectivity index (χ0) is 9.40. The molecule has 0 spiro atoms. The third-order valence-electron chi connectivity index (χ3n) is 0.967. The van der Waals surface area contributed by atoms with Gasteiger partial charge in [-0.2, -0.15) is 0 Å². The first-order valence-corrected chi connectivity index (χ1v) is 2.99. The molecule has 0 atom stereocenters. The van der Waals surface area contributed by atoms with Gasteiger partial charge < -0.3 is 11.3 Å². The van der Waals surface area contributed by atoms with Crippen molar-refractivity contribution in [3.8, 4) is 0 Å². The van der Waals surface area contributed by atoms with Crippen LogP contribution in [-0.2, 0) is 4.79 Å². The molecule has 72 valence electrons. The van der Waals surface area contributed by atoms with Gasteiger partial charge in [0.25, 0.3) is 12.2 Å². The number of rotatable bonds is 1. The lowest BCUT2D eigenvalue weighted by molar-refractivity contribution is -0.384. The minimum Gasteiger partial charge on any atom is -0.483 e. The van der Waals surface area contributed by atoms with Crippen molar-refractivity contribution in [1.82, 2.24) is 6.15 Å². The predicted octanol–water partition coefficient (Wildman–Crippen LogP) is 1.46. The minimum atomic E-state index is -0.417. The third-order valence-corrected chi connectivity index (χ3v) is 0.967. The summed E-state index contributed by atoms with van der Waals surface area (Å²) in [6.07, 6.45) is 0. The summed E-state index contributed by atoms with van der Waals surface area (Å²) < 4.78 is 0. The SMILES string of the molecule is N.O=CO.O=[N+]([O-])c1ccccc1. The lowest BCUT2D eigenvalue weighted by Gasteiger charge is -1.85. The molecular formula is C7H10N2O4. The van der Waals surface area contributed by atoms with Crippen molar-refractivity contribution < 1.29 is 14.8 Å². The molecule has 1 aromatic carbocycles. The third kappa shape index (κ3) is 6.45. The van der Waals surface area contributed by atoms with E-state index in [0.717, 1.165) is 0 Å². The molecule has 0 saturated carbocycles. The van der Waals surface area contributed by atoms with E-state index in [1.165, 1.54) is 12.1 Å². The topological polar surface area (TPSA) is 115 Å². The van der Waals surface area contributed by atoms with Crippen LogP contribution in [0.4, 0.5) is 5.69 Å². The van der Waals surface area contributed by atoms with Gasteiger partial charge in [0.2, 0.25) is 0 Å². The number of hydrogen-bond acceptors (Lipinski definition) is 4. The Balaban J connectivity index is 0. The van der Waals surface area contributed by atoms with E-state index >= 15 is 0 Å². The quantitative estimate of drug-likeness (QED) is 0.391. The monoisotopic (exact) mass is 186 g/mol. The van der Waals surface area contributed by atoms with E-state index in [4.69, 9.17) is 9.90 Å². The largest absolute Gasteiger partial charge is 0.483 e. The first kappa shape index (κ1) is 13.6. The summed E-state index contributed by atoms with van der Waals surface area (Å²) in [7, 11) is 0. The minimum absolute atomic E-state index is 0. The van der Waals surface area contributed by atoms with Crippen LogP contribution in [0.5, 0.6) is 0 Å². The van der Waals surface area contributed by atoms with Gasteiger partial charge in [-0.3, -0.25) is 14.9 Å². The fourth-order valence-corrected chi connectivity index (χ4v) is 0.550. The maximum Gasteiger partial charge on any atom is 0.290 e. The highest BCUT2D eigenvalue weighted by atomic mass is 16.6. The van der Waals surface area contributed by atoms with E-state index in [9.17, 15) is 10.1 Å². The second-order valence-electron chi connectivity index (χ2n) is 1.70. The van der Waals surface area contributed by atoms with Gasteiger partial charge in [-0.1, -0.05) is 18.2 Å². The van der Waals surface area contributed by atoms with Crippen molar-refractivity contribution in [2.75, 3.05) is 0 Å². The van der Waals surface area contributed by atoms with Crippen molar-refractivity contribution in [3.05, 3.63) is 40.4 Å². The highest BCUT2D eigenvalue weighted by Crippen LogP contribution is 2.06. The van der Waals surface area contributed by atoms with Gasteiger partial charge in [0, 0.05) is 12.1 Å². The van der Waals surface area contributed by atoms with Crippen molar-refractivity contribution in [2.45, 2.75) is 0 Å². The van der Waals surface area contributed by atoms with E-state index in [1.807, 2.05) is 0 Å². The van der Waals surface area contributed by atoms with E-state index < -0.39 is 4.92 Å². The summed E-state index contributed by atoms with van der Waals surface area (Å²) in [5.74, 6) is 0. The van der Waals surface area contributed by atoms with Crippen molar-refractivity contribution in [3.63, 3.8) is 0 Å². The molecule has 6 heteroatoms. The number of para-hydroxylation sites is 1. The molecule has 1 rings (SSSR count). The van der Waals surface area contributed by atoms with Crippen LogP contribution in [0.1, 0.15) is 0 Å². The highest BCUT2D eigenvalue weighted by Gasteiger charge is 1.98. The second-order valence-corrected chi connectivity index (χ2v) is 1.70. The fraction of sp³-hybridized carbons (Fsp3) is 0. The smallest absolute Gasteiger partial charge is 0.290 e. The molecule has 0 fully saturated rings. The number of non-ortho nitro benzene ring substituents is 1. The molecule has 4 N–H and O–H groups in total. The molecule has 0 amide bonds. The van der Waals surface area contributed by atoms with Crippen LogP contribution in [-0.4, -0.2) is 16.5 Å². The molecular weight excluding hydrogens is 176 g/mol. The summed E-state index contributed by atoms with van der Waals surface area (Å²) in [6, 6.07) is 7.93. The number of hydrogen-bond donors (Lipinski definition) is 2. The molecule has 0 aliphatic heterocycles. The molecule has 0 radical (unpaired) electrons. The summed E-state index contributed by atoms with van der Waals surface area (Å²) in [5.41, 5.74) is 0.137. The lowest BCUT2D eigenvalue weighted by Crippen LogP contribution is -1.84. The fourth-order valence-electron chi connectivity index (χ4n) is 0.550. The molecule has 13 heavy (non-hydrogen) atoms. The highest BCUT2D eigenvalue weighted by molar-refractivity contribution is 5.32. The van der Waals surface area contributed by atoms with Crippen LogP contribution in [0.2, 0.25) is 0 Å². The lowest BCUT2D eigenvalue weighted by atomic mass is 10.3. The Hall–Kier alpha value is -1.95. The molecule has 0 heterocycles. The maximum absolute atomic E-state index is 10.0. The van der Waals surface area contributed by atoms with Crippen LogP contribution in [0.25, 0.3) is 0 Å². The Morgan fingerprint density at radius 1 is 1.31 bits per heavy atom. The summed E-state index contributed by atoms with van der Waals surface area (Å²) in [4.78, 5) is 18.0. The first-order valence-electron chi connectivity index (χ1n) is 2.99. The van der Waals surface area contributed by atoms with Gasteiger partial charge in [0.1, 0.15) is 0 Å². The van der Waals surface area contributed by atoms with E-state index in [0.29, 0.717) is 0 Å². The number of carbonyl (C=O) groups is 1. The Morgan fingerprint density at radius 2 is 1.69 bits per heavy atom. The molecule has 1 aromatic rings. The van der Waals surface area contributed by atoms with E-state index in [1.54, 1.807) is 18.2 Å². The second kappa shape index (κ2) is 8.15. The zero-order valence-corrected chi connectivity index (χ0v) is 6.79. The normalized spacial score (nSPS) is 7.08. The molecule has 0 aliphatic rings. The van der Waals surface area contributed by atoms with E-state index in [2.05, 4.69) is 0 Å². The first-order chi connectivity index (χ1) is 5.72. The molecule has 0 saturated heterocycles. The van der Waals surface area contributed by atoms with Crippen molar-refractivity contribution >= 4 is 12.2 Å². The van der Waals surface area contributed by atoms with Gasteiger partial charge in [-0.15, -0.1) is 0 Å². The molecule has 0 unspecified atom stereocenters. The average molecular weight is 186 g/mol. The van der Waals surface area contributed by atoms with Crippen LogP contribution in [0.15, 0.2) is 30.3 Å².